The van der Waals surface area contributed by atoms with E-state index >= 15 is 0 Å². The summed E-state index contributed by atoms with van der Waals surface area (Å²) in [7, 11) is 1.60. The first-order chi connectivity index (χ1) is 16.4. The maximum atomic E-state index is 12.9. The predicted octanol–water partition coefficient (Wildman–Crippen LogP) is 4.15. The van der Waals surface area contributed by atoms with Crippen molar-refractivity contribution in [3.05, 3.63) is 59.4 Å². The Morgan fingerprint density at radius 3 is 2.44 bits per heavy atom. The van der Waals surface area contributed by atoms with Gasteiger partial charge in [0.25, 0.3) is 11.8 Å². The molecule has 1 unspecified atom stereocenters. The van der Waals surface area contributed by atoms with Gasteiger partial charge in [-0.3, -0.25) is 14.9 Å². The highest BCUT2D eigenvalue weighted by atomic mass is 32.1. The van der Waals surface area contributed by atoms with E-state index in [4.69, 9.17) is 14.2 Å². The molecule has 0 bridgehead atoms. The van der Waals surface area contributed by atoms with Gasteiger partial charge in [-0.2, -0.15) is 4.37 Å². The number of likely N-dealkylation sites (tertiary alicyclic amines) is 1. The van der Waals surface area contributed by atoms with Crippen molar-refractivity contribution in [2.75, 3.05) is 32.1 Å². The smallest absolute Gasteiger partial charge is 0.257 e. The van der Waals surface area contributed by atoms with Crippen molar-refractivity contribution < 1.29 is 23.8 Å². The van der Waals surface area contributed by atoms with Gasteiger partial charge in [-0.15, -0.1) is 0 Å². The van der Waals surface area contributed by atoms with Gasteiger partial charge in [0.1, 0.15) is 29.2 Å². The van der Waals surface area contributed by atoms with Gasteiger partial charge in [0.15, 0.2) is 0 Å². The summed E-state index contributed by atoms with van der Waals surface area (Å²) in [6.07, 6.45) is 0.817. The van der Waals surface area contributed by atoms with Crippen LogP contribution in [0.15, 0.2) is 42.5 Å². The Kier molecular flexibility index (Phi) is 7.39. The summed E-state index contributed by atoms with van der Waals surface area (Å²) in [5.41, 5.74) is 0.958. The fraction of sp³-hybridized carbons (Fsp3) is 0.333. The van der Waals surface area contributed by atoms with Crippen LogP contribution in [0, 0.1) is 6.92 Å². The Hall–Kier alpha value is -3.50. The number of hydrogen-bond acceptors (Lipinski definition) is 8. The zero-order valence-corrected chi connectivity index (χ0v) is 20.1. The lowest BCUT2D eigenvalue weighted by atomic mass is 10.1. The van der Waals surface area contributed by atoms with Crippen LogP contribution >= 0.6 is 11.5 Å². The van der Waals surface area contributed by atoms with E-state index < -0.39 is 0 Å². The molecule has 1 aliphatic heterocycles. The van der Waals surface area contributed by atoms with Gasteiger partial charge < -0.3 is 19.1 Å². The summed E-state index contributed by atoms with van der Waals surface area (Å²) in [6.45, 7) is 5.61. The van der Waals surface area contributed by atoms with Crippen LogP contribution in [-0.4, -0.2) is 59.0 Å². The number of hydrogen-bond donors (Lipinski definition) is 1. The monoisotopic (exact) mass is 482 g/mol. The number of aryl methyl sites for hydroxylation is 1. The summed E-state index contributed by atoms with van der Waals surface area (Å²) >= 11 is 1.11. The van der Waals surface area contributed by atoms with E-state index in [9.17, 15) is 9.59 Å². The number of rotatable bonds is 9. The van der Waals surface area contributed by atoms with Crippen molar-refractivity contribution in [3.8, 4) is 17.2 Å². The summed E-state index contributed by atoms with van der Waals surface area (Å²) in [4.78, 5) is 31.2. The summed E-state index contributed by atoms with van der Waals surface area (Å²) < 4.78 is 21.1. The van der Waals surface area contributed by atoms with Crippen LogP contribution in [0.5, 0.6) is 17.2 Å². The van der Waals surface area contributed by atoms with Crippen molar-refractivity contribution in [2.24, 2.45) is 0 Å². The predicted molar refractivity (Wildman–Crippen MR) is 128 cm³/mol. The average Bonchev–Trinajstić information content (AvgIpc) is 3.17. The van der Waals surface area contributed by atoms with Crippen LogP contribution in [0.25, 0.3) is 0 Å². The van der Waals surface area contributed by atoms with E-state index in [1.807, 2.05) is 11.8 Å². The highest BCUT2D eigenvalue weighted by Gasteiger charge is 2.21. The van der Waals surface area contributed by atoms with Gasteiger partial charge in [0.2, 0.25) is 5.13 Å². The number of nitrogens with one attached hydrogen (secondary N) is 1. The molecule has 1 fully saturated rings. The lowest BCUT2D eigenvalue weighted by Crippen LogP contribution is -2.41. The molecule has 1 aromatic heterocycles. The zero-order valence-electron chi connectivity index (χ0n) is 19.2. The molecule has 2 heterocycles. The number of nitrogens with zero attached hydrogens (tertiary/aromatic N) is 3. The van der Waals surface area contributed by atoms with Crippen molar-refractivity contribution in [1.82, 2.24) is 14.3 Å². The lowest BCUT2D eigenvalue weighted by molar-refractivity contribution is 0.0651. The molecule has 9 nitrogen and oxygen atoms in total. The Labute approximate surface area is 201 Å². The largest absolute Gasteiger partial charge is 0.488 e. The molecule has 1 atom stereocenters. The van der Waals surface area contributed by atoms with Crippen LogP contribution < -0.4 is 14.8 Å². The lowest BCUT2D eigenvalue weighted by Gasteiger charge is -2.30. The van der Waals surface area contributed by atoms with E-state index in [0.29, 0.717) is 45.9 Å². The minimum atomic E-state index is -0.360. The molecule has 178 valence electrons. The third-order valence-electron chi connectivity index (χ3n) is 5.11. The third-order valence-corrected chi connectivity index (χ3v) is 5.83. The normalized spacial score (nSPS) is 13.7. The second kappa shape index (κ2) is 10.6. The Morgan fingerprint density at radius 2 is 1.82 bits per heavy atom. The van der Waals surface area contributed by atoms with Gasteiger partial charge in [0, 0.05) is 48.9 Å². The van der Waals surface area contributed by atoms with Crippen LogP contribution in [0.4, 0.5) is 5.13 Å². The number of aromatic nitrogens is 2. The SMILES string of the molecule is COCC(C)Oc1cc(Oc2ccc(C(=O)N3CCC3)cc2)cc(C(=O)Nc2nc(C)ns2)c1. The molecule has 0 spiro atoms. The molecule has 3 aromatic rings. The minimum Gasteiger partial charge on any atom is -0.488 e. The third kappa shape index (κ3) is 5.89. The molecule has 0 saturated carbocycles. The Balaban J connectivity index is 1.54. The van der Waals surface area contributed by atoms with Crippen molar-refractivity contribution in [3.63, 3.8) is 0 Å². The van der Waals surface area contributed by atoms with E-state index in [1.54, 1.807) is 56.5 Å². The number of ether oxygens (including phenoxy) is 3. The van der Waals surface area contributed by atoms with Gasteiger partial charge in [-0.1, -0.05) is 0 Å². The molecular formula is C24H26N4O5S. The van der Waals surface area contributed by atoms with Crippen molar-refractivity contribution in [1.29, 1.82) is 0 Å². The molecule has 0 radical (unpaired) electrons. The fourth-order valence-corrected chi connectivity index (χ4v) is 3.92. The van der Waals surface area contributed by atoms with E-state index in [-0.39, 0.29) is 17.9 Å². The van der Waals surface area contributed by atoms with Crippen molar-refractivity contribution in [2.45, 2.75) is 26.4 Å². The molecule has 2 amide bonds. The number of anilines is 1. The van der Waals surface area contributed by atoms with Gasteiger partial charge in [0.05, 0.1) is 6.61 Å². The second-order valence-corrected chi connectivity index (χ2v) is 8.70. The number of methoxy groups -OCH3 is 1. The number of amides is 2. The van der Waals surface area contributed by atoms with Gasteiger partial charge >= 0.3 is 0 Å². The quantitative estimate of drug-likeness (QED) is 0.489. The summed E-state index contributed by atoms with van der Waals surface area (Å²) in [5, 5.41) is 3.15. The van der Waals surface area contributed by atoms with Crippen LogP contribution in [-0.2, 0) is 4.74 Å². The van der Waals surface area contributed by atoms with Crippen LogP contribution in [0.3, 0.4) is 0 Å². The highest BCUT2D eigenvalue weighted by Crippen LogP contribution is 2.29. The molecular weight excluding hydrogens is 456 g/mol. The van der Waals surface area contributed by atoms with Crippen LogP contribution in [0.2, 0.25) is 0 Å². The van der Waals surface area contributed by atoms with E-state index in [2.05, 4.69) is 14.7 Å². The van der Waals surface area contributed by atoms with E-state index in [0.717, 1.165) is 31.0 Å². The molecule has 1 aliphatic rings. The average molecular weight is 483 g/mol. The highest BCUT2D eigenvalue weighted by molar-refractivity contribution is 7.09. The van der Waals surface area contributed by atoms with Crippen molar-refractivity contribution >= 4 is 28.5 Å². The van der Waals surface area contributed by atoms with Gasteiger partial charge in [-0.25, -0.2) is 4.98 Å². The fourth-order valence-electron chi connectivity index (χ4n) is 3.35. The molecule has 4 rings (SSSR count). The first-order valence-electron chi connectivity index (χ1n) is 10.9. The molecule has 1 N–H and O–H groups in total. The minimum absolute atomic E-state index is 0.0196. The molecule has 1 saturated heterocycles. The number of benzene rings is 2. The standard InChI is InChI=1S/C24H26N4O5S/c1-15(14-31-3)32-20-11-18(22(29)26-24-25-16(2)27-34-24)12-21(13-20)33-19-7-5-17(6-8-19)23(30)28-9-4-10-28/h5-8,11-13,15H,4,9-10,14H2,1-3H3,(H,25,26,27,29). The Morgan fingerprint density at radius 1 is 1.09 bits per heavy atom. The molecule has 34 heavy (non-hydrogen) atoms. The van der Waals surface area contributed by atoms with E-state index in [1.165, 1.54) is 0 Å². The first kappa shape index (κ1) is 23.7. The molecule has 0 aliphatic carbocycles. The molecule has 2 aromatic carbocycles. The van der Waals surface area contributed by atoms with Gasteiger partial charge in [-0.05, 0) is 56.7 Å². The maximum Gasteiger partial charge on any atom is 0.257 e. The first-order valence-corrected chi connectivity index (χ1v) is 11.7. The molecule has 10 heteroatoms. The number of carbonyl (C=O) groups is 2. The zero-order chi connectivity index (χ0) is 24.1. The summed E-state index contributed by atoms with van der Waals surface area (Å²) in [6, 6.07) is 11.9. The summed E-state index contributed by atoms with van der Waals surface area (Å²) in [5.74, 6) is 1.67. The topological polar surface area (TPSA) is 103 Å². The Bertz CT molecular complexity index is 1160. The maximum absolute atomic E-state index is 12.9. The second-order valence-electron chi connectivity index (χ2n) is 7.95. The number of carbonyl (C=O) groups excluding carboxylic acids is 2. The van der Waals surface area contributed by atoms with Crippen LogP contribution in [0.1, 0.15) is 39.9 Å².